The van der Waals surface area contributed by atoms with Crippen LogP contribution >= 0.6 is 0 Å². The minimum absolute atomic E-state index is 0.129. The first-order chi connectivity index (χ1) is 13.1. The number of nitrogens with one attached hydrogen (secondary N) is 2. The first kappa shape index (κ1) is 18.1. The molecular weight excluding hydrogens is 348 g/mol. The van der Waals surface area contributed by atoms with Gasteiger partial charge >= 0.3 is 0 Å². The Labute approximate surface area is 156 Å². The van der Waals surface area contributed by atoms with Gasteiger partial charge in [-0.1, -0.05) is 0 Å². The Bertz CT molecular complexity index is 895. The molecule has 0 radical (unpaired) electrons. The number of rotatable bonds is 7. The monoisotopic (exact) mass is 368 g/mol. The average Bonchev–Trinajstić information content (AvgIpc) is 2.67. The fourth-order valence-corrected chi connectivity index (χ4v) is 2.48. The molecule has 0 atom stereocenters. The third-order valence-corrected chi connectivity index (χ3v) is 3.63. The van der Waals surface area contributed by atoms with E-state index < -0.39 is 0 Å². The van der Waals surface area contributed by atoms with Crippen molar-refractivity contribution in [1.29, 1.82) is 0 Å². The molecule has 3 rings (SSSR count). The van der Waals surface area contributed by atoms with E-state index in [1.807, 2.05) is 12.1 Å². The van der Waals surface area contributed by atoms with Gasteiger partial charge in [-0.3, -0.25) is 4.98 Å². The van der Waals surface area contributed by atoms with Crippen LogP contribution in [0.4, 0.5) is 29.0 Å². The number of anilines is 5. The van der Waals surface area contributed by atoms with Crippen molar-refractivity contribution in [2.75, 3.05) is 37.7 Å². The van der Waals surface area contributed by atoms with Crippen molar-refractivity contribution in [2.45, 2.75) is 0 Å². The maximum Gasteiger partial charge on any atom is 0.223 e. The van der Waals surface area contributed by atoms with Gasteiger partial charge in [-0.05, 0) is 12.1 Å². The van der Waals surface area contributed by atoms with E-state index >= 15 is 0 Å². The molecule has 9 heteroatoms. The van der Waals surface area contributed by atoms with Gasteiger partial charge in [0.05, 0.1) is 21.3 Å². The number of nitrogen functional groups attached to an aromatic ring is 1. The highest BCUT2D eigenvalue weighted by atomic mass is 16.5. The highest BCUT2D eigenvalue weighted by Gasteiger charge is 2.14. The predicted molar refractivity (Wildman–Crippen MR) is 103 cm³/mol. The van der Waals surface area contributed by atoms with Gasteiger partial charge in [0, 0.05) is 42.0 Å². The molecule has 0 aliphatic heterocycles. The minimum Gasteiger partial charge on any atom is -0.493 e. The fourth-order valence-electron chi connectivity index (χ4n) is 2.48. The molecule has 27 heavy (non-hydrogen) atoms. The van der Waals surface area contributed by atoms with Crippen molar-refractivity contribution in [1.82, 2.24) is 15.0 Å². The molecule has 2 aromatic heterocycles. The molecule has 1 aromatic carbocycles. The summed E-state index contributed by atoms with van der Waals surface area (Å²) in [6.07, 6.45) is 3.36. The average molecular weight is 368 g/mol. The van der Waals surface area contributed by atoms with E-state index in [9.17, 15) is 0 Å². The SMILES string of the molecule is COc1cc(Nc2cc(Nc3ccncc3)nc(N)n2)cc(OC)c1OC. The highest BCUT2D eigenvalue weighted by molar-refractivity contribution is 5.69. The van der Waals surface area contributed by atoms with Crippen LogP contribution in [0.15, 0.2) is 42.7 Å². The van der Waals surface area contributed by atoms with Crippen molar-refractivity contribution in [2.24, 2.45) is 0 Å². The van der Waals surface area contributed by atoms with E-state index in [1.165, 1.54) is 0 Å². The number of ether oxygens (including phenoxy) is 3. The molecule has 0 saturated carbocycles. The van der Waals surface area contributed by atoms with Gasteiger partial charge in [0.2, 0.25) is 11.7 Å². The molecule has 0 fully saturated rings. The zero-order valence-corrected chi connectivity index (χ0v) is 15.2. The van der Waals surface area contributed by atoms with E-state index in [4.69, 9.17) is 19.9 Å². The molecular formula is C18H20N6O3. The van der Waals surface area contributed by atoms with Crippen LogP contribution in [-0.2, 0) is 0 Å². The molecule has 4 N–H and O–H groups in total. The number of aromatic nitrogens is 3. The molecule has 3 aromatic rings. The van der Waals surface area contributed by atoms with Crippen LogP contribution in [0.25, 0.3) is 0 Å². The maximum absolute atomic E-state index is 5.84. The lowest BCUT2D eigenvalue weighted by molar-refractivity contribution is 0.324. The first-order valence-corrected chi connectivity index (χ1v) is 8.01. The largest absolute Gasteiger partial charge is 0.493 e. The van der Waals surface area contributed by atoms with Gasteiger partial charge in [-0.15, -0.1) is 0 Å². The molecule has 140 valence electrons. The van der Waals surface area contributed by atoms with Gasteiger partial charge in [-0.2, -0.15) is 9.97 Å². The number of hydrogen-bond acceptors (Lipinski definition) is 9. The summed E-state index contributed by atoms with van der Waals surface area (Å²) in [6, 6.07) is 8.93. The van der Waals surface area contributed by atoms with Crippen LogP contribution in [0.5, 0.6) is 17.2 Å². The summed E-state index contributed by atoms with van der Waals surface area (Å²) < 4.78 is 16.1. The second-order valence-electron chi connectivity index (χ2n) is 5.40. The molecule has 0 saturated heterocycles. The number of nitrogens with zero attached hydrogens (tertiary/aromatic N) is 3. The lowest BCUT2D eigenvalue weighted by Crippen LogP contribution is -2.04. The third kappa shape index (κ3) is 4.27. The number of pyridine rings is 1. The topological polar surface area (TPSA) is 116 Å². The molecule has 0 amide bonds. The van der Waals surface area contributed by atoms with Crippen molar-refractivity contribution in [3.05, 3.63) is 42.7 Å². The molecule has 0 spiro atoms. The molecule has 0 bridgehead atoms. The standard InChI is InChI=1S/C18H20N6O3/c1-25-13-8-12(9-14(26-2)17(13)27-3)22-16-10-15(23-18(19)24-16)21-11-4-6-20-7-5-11/h4-10H,1-3H3,(H4,19,20,21,22,23,24). The summed E-state index contributed by atoms with van der Waals surface area (Å²) >= 11 is 0. The van der Waals surface area contributed by atoms with Gasteiger partial charge in [-0.25, -0.2) is 0 Å². The Kier molecular flexibility index (Phi) is 5.41. The van der Waals surface area contributed by atoms with Crippen LogP contribution in [0.1, 0.15) is 0 Å². The van der Waals surface area contributed by atoms with Crippen molar-refractivity contribution >= 4 is 29.0 Å². The van der Waals surface area contributed by atoms with Crippen LogP contribution in [0, 0.1) is 0 Å². The van der Waals surface area contributed by atoms with E-state index in [0.29, 0.717) is 34.6 Å². The maximum atomic E-state index is 5.84. The van der Waals surface area contributed by atoms with E-state index in [1.54, 1.807) is 51.9 Å². The summed E-state index contributed by atoms with van der Waals surface area (Å²) in [6.45, 7) is 0. The zero-order chi connectivity index (χ0) is 19.2. The summed E-state index contributed by atoms with van der Waals surface area (Å²) in [7, 11) is 4.66. The summed E-state index contributed by atoms with van der Waals surface area (Å²) in [4.78, 5) is 12.4. The second kappa shape index (κ2) is 8.09. The van der Waals surface area contributed by atoms with Crippen molar-refractivity contribution in [3.63, 3.8) is 0 Å². The lowest BCUT2D eigenvalue weighted by Gasteiger charge is -2.15. The molecule has 0 aliphatic carbocycles. The van der Waals surface area contributed by atoms with Crippen molar-refractivity contribution < 1.29 is 14.2 Å². The summed E-state index contributed by atoms with van der Waals surface area (Å²) in [5.41, 5.74) is 7.37. The Morgan fingerprint density at radius 3 is 1.85 bits per heavy atom. The van der Waals surface area contributed by atoms with Crippen LogP contribution < -0.4 is 30.6 Å². The van der Waals surface area contributed by atoms with Crippen LogP contribution in [0.3, 0.4) is 0 Å². The molecule has 0 unspecified atom stereocenters. The quantitative estimate of drug-likeness (QED) is 0.578. The van der Waals surface area contributed by atoms with Gasteiger partial charge in [0.15, 0.2) is 11.5 Å². The van der Waals surface area contributed by atoms with E-state index in [0.717, 1.165) is 5.69 Å². The third-order valence-electron chi connectivity index (χ3n) is 3.63. The van der Waals surface area contributed by atoms with Gasteiger partial charge < -0.3 is 30.6 Å². The minimum atomic E-state index is 0.129. The number of methoxy groups -OCH3 is 3. The molecule has 0 aliphatic rings. The fraction of sp³-hybridized carbons (Fsp3) is 0.167. The predicted octanol–water partition coefficient (Wildman–Crippen LogP) is 2.97. The van der Waals surface area contributed by atoms with Crippen LogP contribution in [-0.4, -0.2) is 36.3 Å². The molecule has 2 heterocycles. The van der Waals surface area contributed by atoms with Gasteiger partial charge in [0.25, 0.3) is 0 Å². The Hall–Kier alpha value is -3.75. The van der Waals surface area contributed by atoms with Gasteiger partial charge in [0.1, 0.15) is 11.6 Å². The zero-order valence-electron chi connectivity index (χ0n) is 15.2. The highest BCUT2D eigenvalue weighted by Crippen LogP contribution is 2.40. The molecule has 9 nitrogen and oxygen atoms in total. The normalized spacial score (nSPS) is 10.2. The number of benzene rings is 1. The van der Waals surface area contributed by atoms with E-state index in [2.05, 4.69) is 25.6 Å². The lowest BCUT2D eigenvalue weighted by atomic mass is 10.2. The first-order valence-electron chi connectivity index (χ1n) is 8.01. The number of hydrogen-bond donors (Lipinski definition) is 3. The smallest absolute Gasteiger partial charge is 0.223 e. The summed E-state index contributed by atoms with van der Waals surface area (Å²) in [5, 5.41) is 6.33. The Morgan fingerprint density at radius 2 is 1.33 bits per heavy atom. The summed E-state index contributed by atoms with van der Waals surface area (Å²) in [5.74, 6) is 2.74. The Balaban J connectivity index is 1.89. The Morgan fingerprint density at radius 1 is 0.778 bits per heavy atom. The van der Waals surface area contributed by atoms with Crippen molar-refractivity contribution in [3.8, 4) is 17.2 Å². The second-order valence-corrected chi connectivity index (χ2v) is 5.40. The van der Waals surface area contributed by atoms with Crippen LogP contribution in [0.2, 0.25) is 0 Å². The van der Waals surface area contributed by atoms with E-state index in [-0.39, 0.29) is 5.95 Å². The number of nitrogens with two attached hydrogens (primary N) is 1.